The highest BCUT2D eigenvalue weighted by Crippen LogP contribution is 2.46. The molecular weight excluding hydrogens is 493 g/mol. The van der Waals surface area contributed by atoms with Crippen LogP contribution < -0.4 is 4.90 Å². The van der Waals surface area contributed by atoms with Crippen molar-refractivity contribution in [3.05, 3.63) is 59.9 Å². The number of hydrogen-bond donors (Lipinski definition) is 0. The summed E-state index contributed by atoms with van der Waals surface area (Å²) in [6.45, 7) is 5.84. The molecule has 0 radical (unpaired) electrons. The fourth-order valence-corrected chi connectivity index (χ4v) is 6.77. The van der Waals surface area contributed by atoms with Crippen molar-refractivity contribution in [2.45, 2.75) is 57.9 Å². The molecule has 2 saturated heterocycles. The largest absolute Gasteiger partial charge is 0.340 e. The Morgan fingerprint density at radius 3 is 2.21 bits per heavy atom. The third-order valence-electron chi connectivity index (χ3n) is 8.97. The van der Waals surface area contributed by atoms with E-state index in [9.17, 15) is 14.0 Å². The van der Waals surface area contributed by atoms with Crippen LogP contribution in [0.25, 0.3) is 11.0 Å². The lowest BCUT2D eigenvalue weighted by Gasteiger charge is -2.37. The van der Waals surface area contributed by atoms with Crippen molar-refractivity contribution in [2.75, 3.05) is 44.2 Å². The Balaban J connectivity index is 1.01. The highest BCUT2D eigenvalue weighted by atomic mass is 19.1. The number of para-hydroxylation sites is 2. The molecule has 2 aromatic carbocycles. The Bertz CT molecular complexity index is 1300. The predicted molar refractivity (Wildman–Crippen MR) is 150 cm³/mol. The number of nitrogens with zero attached hydrogens (tertiary/aromatic N) is 5. The summed E-state index contributed by atoms with van der Waals surface area (Å²) >= 11 is 0. The standard InChI is InChI=1S/C31H38FN5O2/c32-25-11-9-24(10-12-25)23-37-27-8-2-1-7-26(27)33-30(37)35-19-17-34(18-20-35)15-5-6-16-36-28(38)21-31(22-29(36)39)13-3-4-14-31/h1-2,7-12H,3-6,13-23H2. The number of carbonyl (C=O) groups excluding carboxylic acids is 2. The molecule has 1 spiro atoms. The maximum absolute atomic E-state index is 13.5. The first-order chi connectivity index (χ1) is 19.0. The van der Waals surface area contributed by atoms with Gasteiger partial charge in [-0.25, -0.2) is 9.37 Å². The van der Waals surface area contributed by atoms with Gasteiger partial charge in [0.2, 0.25) is 17.8 Å². The molecule has 6 rings (SSSR count). The summed E-state index contributed by atoms with van der Waals surface area (Å²) in [5.74, 6) is 0.829. The molecule has 2 aliphatic heterocycles. The summed E-state index contributed by atoms with van der Waals surface area (Å²) < 4.78 is 15.7. The van der Waals surface area contributed by atoms with Gasteiger partial charge in [-0.15, -0.1) is 0 Å². The molecule has 0 N–H and O–H groups in total. The second-order valence-electron chi connectivity index (χ2n) is 11.6. The number of imide groups is 1. The van der Waals surface area contributed by atoms with Gasteiger partial charge in [-0.1, -0.05) is 37.1 Å². The van der Waals surface area contributed by atoms with Crippen LogP contribution in [0.15, 0.2) is 48.5 Å². The number of amides is 2. The molecule has 8 heteroatoms. The zero-order valence-corrected chi connectivity index (χ0v) is 22.7. The van der Waals surface area contributed by atoms with Gasteiger partial charge in [0.05, 0.1) is 17.6 Å². The van der Waals surface area contributed by atoms with Crippen LogP contribution in [0.2, 0.25) is 0 Å². The SMILES string of the molecule is O=C1CC2(CCCC2)CC(=O)N1CCCCN1CCN(c2nc3ccccc3n2Cc2ccc(F)cc2)CC1. The van der Waals surface area contributed by atoms with Gasteiger partial charge >= 0.3 is 0 Å². The van der Waals surface area contributed by atoms with Crippen LogP contribution in [0.4, 0.5) is 10.3 Å². The Morgan fingerprint density at radius 1 is 0.821 bits per heavy atom. The quantitative estimate of drug-likeness (QED) is 0.308. The second kappa shape index (κ2) is 11.1. The second-order valence-corrected chi connectivity index (χ2v) is 11.6. The van der Waals surface area contributed by atoms with Crippen molar-refractivity contribution in [2.24, 2.45) is 5.41 Å². The van der Waals surface area contributed by atoms with Crippen LogP contribution >= 0.6 is 0 Å². The summed E-state index contributed by atoms with van der Waals surface area (Å²) in [5.41, 5.74) is 3.07. The van der Waals surface area contributed by atoms with Crippen molar-refractivity contribution in [1.29, 1.82) is 0 Å². The Morgan fingerprint density at radius 2 is 1.49 bits per heavy atom. The monoisotopic (exact) mass is 531 g/mol. The van der Waals surface area contributed by atoms with E-state index in [1.165, 1.54) is 17.0 Å². The normalized spacial score (nSPS) is 20.0. The lowest BCUT2D eigenvalue weighted by molar-refractivity contribution is -0.153. The van der Waals surface area contributed by atoms with E-state index in [1.54, 1.807) is 0 Å². The molecule has 1 saturated carbocycles. The molecule has 3 fully saturated rings. The van der Waals surface area contributed by atoms with Crippen LogP contribution in [-0.4, -0.2) is 70.4 Å². The number of aromatic nitrogens is 2. The van der Waals surface area contributed by atoms with E-state index >= 15 is 0 Å². The molecule has 3 aromatic rings. The topological polar surface area (TPSA) is 61.7 Å². The van der Waals surface area contributed by atoms with E-state index in [0.717, 1.165) is 93.8 Å². The highest BCUT2D eigenvalue weighted by molar-refractivity contribution is 5.98. The summed E-state index contributed by atoms with van der Waals surface area (Å²) in [4.78, 5) is 36.8. The molecule has 1 aliphatic carbocycles. The number of anilines is 1. The first-order valence-electron chi connectivity index (χ1n) is 14.5. The van der Waals surface area contributed by atoms with Crippen LogP contribution in [0.5, 0.6) is 0 Å². The molecule has 2 amide bonds. The van der Waals surface area contributed by atoms with Crippen molar-refractivity contribution >= 4 is 28.8 Å². The maximum atomic E-state index is 13.5. The number of carbonyl (C=O) groups is 2. The number of likely N-dealkylation sites (tertiary alicyclic amines) is 1. The average molecular weight is 532 g/mol. The van der Waals surface area contributed by atoms with E-state index in [1.807, 2.05) is 30.3 Å². The van der Waals surface area contributed by atoms with E-state index < -0.39 is 0 Å². The van der Waals surface area contributed by atoms with Crippen molar-refractivity contribution in [3.63, 3.8) is 0 Å². The number of piperazine rings is 1. The molecule has 3 heterocycles. The minimum Gasteiger partial charge on any atom is -0.340 e. The van der Waals surface area contributed by atoms with Gasteiger partial charge < -0.3 is 9.47 Å². The average Bonchev–Trinajstić information content (AvgIpc) is 3.54. The molecule has 206 valence electrons. The molecule has 39 heavy (non-hydrogen) atoms. The van der Waals surface area contributed by atoms with Gasteiger partial charge in [0.25, 0.3) is 0 Å². The van der Waals surface area contributed by atoms with Gasteiger partial charge in [0.1, 0.15) is 5.82 Å². The smallest absolute Gasteiger partial charge is 0.229 e. The zero-order valence-electron chi connectivity index (χ0n) is 22.7. The summed E-state index contributed by atoms with van der Waals surface area (Å²) in [7, 11) is 0. The lowest BCUT2D eigenvalue weighted by Crippen LogP contribution is -2.48. The van der Waals surface area contributed by atoms with E-state index in [4.69, 9.17) is 4.98 Å². The summed E-state index contributed by atoms with van der Waals surface area (Å²) in [6, 6.07) is 14.9. The highest BCUT2D eigenvalue weighted by Gasteiger charge is 2.44. The van der Waals surface area contributed by atoms with E-state index in [-0.39, 0.29) is 23.0 Å². The molecule has 7 nitrogen and oxygen atoms in total. The fourth-order valence-electron chi connectivity index (χ4n) is 6.77. The molecule has 0 atom stereocenters. The fraction of sp³-hybridized carbons (Fsp3) is 0.516. The number of piperidine rings is 1. The number of unbranched alkanes of at least 4 members (excludes halogenated alkanes) is 1. The van der Waals surface area contributed by atoms with Crippen LogP contribution in [0.3, 0.4) is 0 Å². The van der Waals surface area contributed by atoms with Crippen LogP contribution in [0, 0.1) is 11.2 Å². The molecular formula is C31H38FN5O2. The Hall–Kier alpha value is -3.26. The van der Waals surface area contributed by atoms with Crippen molar-refractivity contribution < 1.29 is 14.0 Å². The zero-order chi connectivity index (χ0) is 26.8. The van der Waals surface area contributed by atoms with Gasteiger partial charge in [-0.05, 0) is 67.5 Å². The minimum atomic E-state index is -0.225. The molecule has 0 unspecified atom stereocenters. The third-order valence-corrected chi connectivity index (χ3v) is 8.97. The van der Waals surface area contributed by atoms with Gasteiger partial charge in [0, 0.05) is 45.6 Å². The first kappa shape index (κ1) is 26.0. The number of imidazole rings is 1. The molecule has 1 aromatic heterocycles. The van der Waals surface area contributed by atoms with Crippen molar-refractivity contribution in [1.82, 2.24) is 19.4 Å². The summed E-state index contributed by atoms with van der Waals surface area (Å²) in [5, 5.41) is 0. The first-order valence-corrected chi connectivity index (χ1v) is 14.5. The predicted octanol–water partition coefficient (Wildman–Crippen LogP) is 4.84. The lowest BCUT2D eigenvalue weighted by atomic mass is 9.76. The number of rotatable bonds is 8. The number of fused-ring (bicyclic) bond motifs is 1. The Labute approximate surface area is 229 Å². The maximum Gasteiger partial charge on any atom is 0.229 e. The minimum absolute atomic E-state index is 0.0239. The van der Waals surface area contributed by atoms with Crippen LogP contribution in [0.1, 0.15) is 56.9 Å². The number of benzene rings is 2. The number of halogens is 1. The van der Waals surface area contributed by atoms with E-state index in [0.29, 0.717) is 25.9 Å². The van der Waals surface area contributed by atoms with Gasteiger partial charge in [0.15, 0.2) is 0 Å². The van der Waals surface area contributed by atoms with Gasteiger partial charge in [-0.2, -0.15) is 0 Å². The van der Waals surface area contributed by atoms with Crippen LogP contribution in [-0.2, 0) is 16.1 Å². The summed E-state index contributed by atoms with van der Waals surface area (Å²) in [6.07, 6.45) is 7.34. The van der Waals surface area contributed by atoms with Gasteiger partial charge in [-0.3, -0.25) is 19.4 Å². The van der Waals surface area contributed by atoms with Crippen molar-refractivity contribution in [3.8, 4) is 0 Å². The number of hydrogen-bond acceptors (Lipinski definition) is 5. The Kier molecular flexibility index (Phi) is 7.38. The molecule has 3 aliphatic rings. The molecule has 0 bridgehead atoms. The third kappa shape index (κ3) is 5.57. The van der Waals surface area contributed by atoms with E-state index in [2.05, 4.69) is 20.4 Å².